The first kappa shape index (κ1) is 18.8. The van der Waals surface area contributed by atoms with Gasteiger partial charge >= 0.3 is 0 Å². The van der Waals surface area contributed by atoms with Gasteiger partial charge in [0.1, 0.15) is 5.82 Å². The lowest BCUT2D eigenvalue weighted by Gasteiger charge is -2.29. The summed E-state index contributed by atoms with van der Waals surface area (Å²) in [6, 6.07) is 12.9. The highest BCUT2D eigenvalue weighted by atomic mass is 32.2. The van der Waals surface area contributed by atoms with Crippen molar-refractivity contribution in [3.8, 4) is 11.5 Å². The highest BCUT2D eigenvalue weighted by Gasteiger charge is 2.32. The van der Waals surface area contributed by atoms with Crippen LogP contribution < -0.4 is 0 Å². The van der Waals surface area contributed by atoms with E-state index in [-0.39, 0.29) is 10.8 Å². The number of hydrogen-bond donors (Lipinski definition) is 0. The van der Waals surface area contributed by atoms with Gasteiger partial charge in [-0.1, -0.05) is 28.9 Å². The summed E-state index contributed by atoms with van der Waals surface area (Å²) >= 11 is 0. The Bertz CT molecular complexity index is 1070. The molecule has 0 atom stereocenters. The molecule has 28 heavy (non-hydrogen) atoms. The average Bonchev–Trinajstić information content (AvgIpc) is 3.19. The molecule has 0 unspecified atom stereocenters. The molecule has 2 heterocycles. The molecule has 0 amide bonds. The zero-order valence-electron chi connectivity index (χ0n) is 15.4. The van der Waals surface area contributed by atoms with E-state index < -0.39 is 15.8 Å². The summed E-state index contributed by atoms with van der Waals surface area (Å²) in [5.74, 6) is 0.525. The van der Waals surface area contributed by atoms with E-state index in [1.54, 1.807) is 0 Å². The van der Waals surface area contributed by atoms with Gasteiger partial charge in [0.15, 0.2) is 5.82 Å². The monoisotopic (exact) mass is 401 g/mol. The van der Waals surface area contributed by atoms with Crippen LogP contribution in [0.4, 0.5) is 4.39 Å². The number of sulfonamides is 1. The predicted molar refractivity (Wildman–Crippen MR) is 102 cm³/mol. The molecule has 6 nitrogen and oxygen atoms in total. The van der Waals surface area contributed by atoms with Gasteiger partial charge in [0.05, 0.1) is 4.90 Å². The Hall–Kier alpha value is -2.58. The fourth-order valence-electron chi connectivity index (χ4n) is 3.34. The van der Waals surface area contributed by atoms with E-state index in [0.717, 1.165) is 17.2 Å². The van der Waals surface area contributed by atoms with Crippen LogP contribution >= 0.6 is 0 Å². The number of benzene rings is 2. The fraction of sp³-hybridized carbons (Fsp3) is 0.300. The predicted octanol–water partition coefficient (Wildman–Crippen LogP) is 3.75. The van der Waals surface area contributed by atoms with E-state index in [2.05, 4.69) is 10.1 Å². The molecule has 4 rings (SSSR count). The summed E-state index contributed by atoms with van der Waals surface area (Å²) in [6.45, 7) is 2.67. The van der Waals surface area contributed by atoms with Crippen molar-refractivity contribution in [2.45, 2.75) is 30.6 Å². The van der Waals surface area contributed by atoms with Crippen molar-refractivity contribution in [3.63, 3.8) is 0 Å². The van der Waals surface area contributed by atoms with Crippen LogP contribution in [0.15, 0.2) is 57.9 Å². The Kier molecular flexibility index (Phi) is 4.99. The largest absolute Gasteiger partial charge is 0.334 e. The molecular weight excluding hydrogens is 381 g/mol. The van der Waals surface area contributed by atoms with Crippen molar-refractivity contribution in [2.24, 2.45) is 0 Å². The van der Waals surface area contributed by atoms with Crippen molar-refractivity contribution in [2.75, 3.05) is 13.1 Å². The van der Waals surface area contributed by atoms with E-state index in [9.17, 15) is 12.8 Å². The topological polar surface area (TPSA) is 76.3 Å². The zero-order chi connectivity index (χ0) is 19.7. The van der Waals surface area contributed by atoms with Crippen LogP contribution in [0.25, 0.3) is 11.5 Å². The normalized spacial score (nSPS) is 16.4. The summed E-state index contributed by atoms with van der Waals surface area (Å²) in [5.41, 5.74) is 2.01. The maximum Gasteiger partial charge on any atom is 0.257 e. The molecule has 0 radical (unpaired) electrons. The maximum absolute atomic E-state index is 13.4. The summed E-state index contributed by atoms with van der Waals surface area (Å²) in [7, 11) is -3.70. The minimum atomic E-state index is -3.70. The second-order valence-electron chi connectivity index (χ2n) is 6.96. The van der Waals surface area contributed by atoms with Crippen LogP contribution in [0.1, 0.15) is 30.1 Å². The van der Waals surface area contributed by atoms with E-state index in [4.69, 9.17) is 4.52 Å². The van der Waals surface area contributed by atoms with Gasteiger partial charge < -0.3 is 4.52 Å². The number of piperidine rings is 1. The highest BCUT2D eigenvalue weighted by Crippen LogP contribution is 2.30. The Labute approximate surface area is 163 Å². The summed E-state index contributed by atoms with van der Waals surface area (Å²) in [6.07, 6.45) is 1.17. The third kappa shape index (κ3) is 3.70. The van der Waals surface area contributed by atoms with Crippen LogP contribution in [0.3, 0.4) is 0 Å². The number of nitrogens with zero attached hydrogens (tertiary/aromatic N) is 3. The van der Waals surface area contributed by atoms with Crippen molar-refractivity contribution in [1.82, 2.24) is 14.4 Å². The molecule has 0 saturated carbocycles. The Morgan fingerprint density at radius 2 is 1.82 bits per heavy atom. The SMILES string of the molecule is Cc1ccc(-c2nc(C3CCN(S(=O)(=O)c4cccc(F)c4)CC3)no2)cc1. The lowest BCUT2D eigenvalue weighted by atomic mass is 9.97. The van der Waals surface area contributed by atoms with Gasteiger partial charge in [-0.05, 0) is 50.1 Å². The average molecular weight is 401 g/mol. The molecule has 0 N–H and O–H groups in total. The molecule has 0 aliphatic carbocycles. The second-order valence-corrected chi connectivity index (χ2v) is 8.90. The molecule has 3 aromatic rings. The van der Waals surface area contributed by atoms with Crippen LogP contribution in [0.5, 0.6) is 0 Å². The third-order valence-corrected chi connectivity index (χ3v) is 6.89. The Balaban J connectivity index is 1.45. The quantitative estimate of drug-likeness (QED) is 0.665. The molecule has 8 heteroatoms. The second kappa shape index (κ2) is 7.44. The summed E-state index contributed by atoms with van der Waals surface area (Å²) < 4.78 is 45.6. The molecule has 1 aliphatic heterocycles. The van der Waals surface area contributed by atoms with Crippen LogP contribution in [0.2, 0.25) is 0 Å². The molecule has 1 saturated heterocycles. The van der Waals surface area contributed by atoms with Crippen LogP contribution in [-0.4, -0.2) is 36.0 Å². The number of aromatic nitrogens is 2. The highest BCUT2D eigenvalue weighted by molar-refractivity contribution is 7.89. The number of halogens is 1. The summed E-state index contributed by atoms with van der Waals surface area (Å²) in [5, 5.41) is 4.09. The molecule has 1 fully saturated rings. The smallest absolute Gasteiger partial charge is 0.257 e. The Morgan fingerprint density at radius 1 is 1.11 bits per heavy atom. The van der Waals surface area contributed by atoms with Gasteiger partial charge in [0.2, 0.25) is 10.0 Å². The minimum Gasteiger partial charge on any atom is -0.334 e. The molecule has 146 valence electrons. The van der Waals surface area contributed by atoms with E-state index >= 15 is 0 Å². The molecule has 0 bridgehead atoms. The van der Waals surface area contributed by atoms with Crippen molar-refractivity contribution < 1.29 is 17.3 Å². The third-order valence-electron chi connectivity index (χ3n) is 4.99. The number of aryl methyl sites for hydroxylation is 1. The van der Waals surface area contributed by atoms with Crippen LogP contribution in [-0.2, 0) is 10.0 Å². The van der Waals surface area contributed by atoms with Crippen molar-refractivity contribution in [1.29, 1.82) is 0 Å². The van der Waals surface area contributed by atoms with Gasteiger partial charge in [-0.3, -0.25) is 0 Å². The van der Waals surface area contributed by atoms with E-state index in [1.165, 1.54) is 22.5 Å². The molecule has 1 aliphatic rings. The van der Waals surface area contributed by atoms with Gasteiger partial charge in [-0.25, -0.2) is 12.8 Å². The molecule has 0 spiro atoms. The first-order chi connectivity index (χ1) is 13.4. The lowest BCUT2D eigenvalue weighted by Crippen LogP contribution is -2.38. The summed E-state index contributed by atoms with van der Waals surface area (Å²) in [4.78, 5) is 4.47. The maximum atomic E-state index is 13.4. The standard InChI is InChI=1S/C20H20FN3O3S/c1-14-5-7-16(8-6-14)20-22-19(23-27-20)15-9-11-24(12-10-15)28(25,26)18-4-2-3-17(21)13-18/h2-8,13,15H,9-12H2,1H3. The van der Waals surface area contributed by atoms with E-state index in [1.807, 2.05) is 31.2 Å². The van der Waals surface area contributed by atoms with E-state index in [0.29, 0.717) is 37.6 Å². The van der Waals surface area contributed by atoms with Crippen molar-refractivity contribution in [3.05, 3.63) is 65.7 Å². The number of hydrogen-bond acceptors (Lipinski definition) is 5. The molecule has 1 aromatic heterocycles. The minimum absolute atomic E-state index is 0.0211. The first-order valence-electron chi connectivity index (χ1n) is 9.10. The van der Waals surface area contributed by atoms with Gasteiger partial charge in [0.25, 0.3) is 5.89 Å². The van der Waals surface area contributed by atoms with Crippen LogP contribution in [0, 0.1) is 12.7 Å². The van der Waals surface area contributed by atoms with Gasteiger partial charge in [-0.2, -0.15) is 9.29 Å². The van der Waals surface area contributed by atoms with Gasteiger partial charge in [0, 0.05) is 24.6 Å². The first-order valence-corrected chi connectivity index (χ1v) is 10.5. The van der Waals surface area contributed by atoms with Crippen molar-refractivity contribution >= 4 is 10.0 Å². The van der Waals surface area contributed by atoms with Gasteiger partial charge in [-0.15, -0.1) is 0 Å². The molecule has 2 aromatic carbocycles. The lowest BCUT2D eigenvalue weighted by molar-refractivity contribution is 0.307. The zero-order valence-corrected chi connectivity index (χ0v) is 16.2. The molecular formula is C20H20FN3O3S. The fourth-order valence-corrected chi connectivity index (χ4v) is 4.85. The Morgan fingerprint density at radius 3 is 2.50 bits per heavy atom. The number of rotatable bonds is 4.